The number of likely N-dealkylation sites (tertiary alicyclic amines) is 1. The number of benzene rings is 1. The molecule has 2 N–H and O–H groups in total. The number of hydrogen-bond donors (Lipinski definition) is 2. The summed E-state index contributed by atoms with van der Waals surface area (Å²) in [5.74, 6) is 1.52. The van der Waals surface area contributed by atoms with E-state index in [4.69, 9.17) is 16.3 Å². The van der Waals surface area contributed by atoms with E-state index in [2.05, 4.69) is 27.4 Å². The summed E-state index contributed by atoms with van der Waals surface area (Å²) in [5, 5.41) is 7.68. The summed E-state index contributed by atoms with van der Waals surface area (Å²) in [6.45, 7) is 7.21. The highest BCUT2D eigenvalue weighted by Crippen LogP contribution is 2.22. The van der Waals surface area contributed by atoms with E-state index in [1.807, 2.05) is 31.3 Å². The lowest BCUT2D eigenvalue weighted by Crippen LogP contribution is -2.44. The Labute approximate surface area is 156 Å². The van der Waals surface area contributed by atoms with Gasteiger partial charge in [-0.15, -0.1) is 0 Å². The highest BCUT2D eigenvalue weighted by atomic mass is 35.5. The first kappa shape index (κ1) is 20.0. The predicted octanol–water partition coefficient (Wildman–Crippen LogP) is 2.92. The topological polar surface area (TPSA) is 48.9 Å². The van der Waals surface area contributed by atoms with Crippen molar-refractivity contribution in [3.63, 3.8) is 0 Å². The number of rotatable bonds is 7. The summed E-state index contributed by atoms with van der Waals surface area (Å²) in [5.41, 5.74) is 1.08. The van der Waals surface area contributed by atoms with Crippen LogP contribution in [0.2, 0.25) is 5.02 Å². The fraction of sp³-hybridized carbons (Fsp3) is 0.632. The van der Waals surface area contributed by atoms with Gasteiger partial charge in [0.2, 0.25) is 0 Å². The lowest BCUT2D eigenvalue weighted by molar-refractivity contribution is 0.121. The smallest absolute Gasteiger partial charge is 0.191 e. The third-order valence-corrected chi connectivity index (χ3v) is 5.17. The Morgan fingerprint density at radius 2 is 2.08 bits per heavy atom. The molecule has 1 heterocycles. The van der Waals surface area contributed by atoms with Crippen LogP contribution in [0.1, 0.15) is 31.4 Å². The molecule has 25 heavy (non-hydrogen) atoms. The van der Waals surface area contributed by atoms with Gasteiger partial charge in [0.1, 0.15) is 0 Å². The first-order valence-corrected chi connectivity index (χ1v) is 9.44. The van der Waals surface area contributed by atoms with Crippen LogP contribution in [0.25, 0.3) is 0 Å². The molecule has 0 radical (unpaired) electrons. The maximum absolute atomic E-state index is 6.28. The molecule has 0 aromatic heterocycles. The summed E-state index contributed by atoms with van der Waals surface area (Å²) >= 11 is 6.28. The van der Waals surface area contributed by atoms with Crippen molar-refractivity contribution in [1.29, 1.82) is 0 Å². The molecule has 0 saturated carbocycles. The molecular weight excluding hydrogens is 336 g/mol. The molecule has 0 spiro atoms. The fourth-order valence-electron chi connectivity index (χ4n) is 3.18. The average molecular weight is 367 g/mol. The molecule has 6 heteroatoms. The van der Waals surface area contributed by atoms with E-state index in [1.165, 1.54) is 12.8 Å². The monoisotopic (exact) mass is 366 g/mol. The first-order valence-electron chi connectivity index (χ1n) is 9.07. The Morgan fingerprint density at radius 1 is 1.36 bits per heavy atom. The number of nitrogens with one attached hydrogen (secondary N) is 2. The number of halogens is 1. The molecule has 0 amide bonds. The van der Waals surface area contributed by atoms with E-state index in [0.29, 0.717) is 5.92 Å². The number of ether oxygens (including phenoxy) is 1. The molecule has 1 aliphatic rings. The lowest BCUT2D eigenvalue weighted by Gasteiger charge is -2.32. The van der Waals surface area contributed by atoms with Crippen molar-refractivity contribution in [3.8, 4) is 0 Å². The number of piperidine rings is 1. The van der Waals surface area contributed by atoms with E-state index in [1.54, 1.807) is 7.11 Å². The van der Waals surface area contributed by atoms with Crippen LogP contribution >= 0.6 is 11.6 Å². The summed E-state index contributed by atoms with van der Waals surface area (Å²) < 4.78 is 5.16. The Balaban J connectivity index is 1.75. The van der Waals surface area contributed by atoms with E-state index in [0.717, 1.165) is 49.3 Å². The Kier molecular flexibility index (Phi) is 8.52. The zero-order chi connectivity index (χ0) is 18.1. The maximum Gasteiger partial charge on any atom is 0.191 e. The second-order valence-corrected chi connectivity index (χ2v) is 7.03. The first-order chi connectivity index (χ1) is 12.1. The quantitative estimate of drug-likeness (QED) is 0.575. The summed E-state index contributed by atoms with van der Waals surface area (Å²) in [7, 11) is 3.57. The van der Waals surface area contributed by atoms with E-state index >= 15 is 0 Å². The van der Waals surface area contributed by atoms with Crippen LogP contribution in [0.15, 0.2) is 29.3 Å². The van der Waals surface area contributed by atoms with Gasteiger partial charge in [0.15, 0.2) is 5.96 Å². The lowest BCUT2D eigenvalue weighted by atomic mass is 9.97. The van der Waals surface area contributed by atoms with Gasteiger partial charge >= 0.3 is 0 Å². The second-order valence-electron chi connectivity index (χ2n) is 6.62. The highest BCUT2D eigenvalue weighted by Gasteiger charge is 2.19. The summed E-state index contributed by atoms with van der Waals surface area (Å²) in [6, 6.07) is 8.03. The van der Waals surface area contributed by atoms with E-state index in [9.17, 15) is 0 Å². The Bertz CT molecular complexity index is 544. The molecule has 140 valence electrons. The van der Waals surface area contributed by atoms with Crippen LogP contribution in [-0.2, 0) is 4.74 Å². The molecular formula is C19H31ClN4O. The summed E-state index contributed by atoms with van der Waals surface area (Å²) in [6.07, 6.45) is 2.43. The van der Waals surface area contributed by atoms with Gasteiger partial charge in [0, 0.05) is 32.3 Å². The predicted molar refractivity (Wildman–Crippen MR) is 105 cm³/mol. The minimum atomic E-state index is 0.107. The van der Waals surface area contributed by atoms with E-state index in [-0.39, 0.29) is 6.04 Å². The van der Waals surface area contributed by atoms with E-state index < -0.39 is 0 Å². The van der Waals surface area contributed by atoms with Crippen LogP contribution in [0.5, 0.6) is 0 Å². The van der Waals surface area contributed by atoms with Crippen molar-refractivity contribution >= 4 is 17.6 Å². The molecule has 1 aliphatic heterocycles. The Morgan fingerprint density at radius 3 is 2.72 bits per heavy atom. The standard InChI is InChI=1S/C19H31ClN4O/c1-15(17-6-4-5-7-18(17)20)23-19(21-2)22-14-16-8-10-24(11-9-16)12-13-25-3/h4-7,15-16H,8-14H2,1-3H3,(H2,21,22,23). The molecule has 1 aromatic carbocycles. The van der Waals surface area contributed by atoms with Gasteiger partial charge in [0.05, 0.1) is 12.6 Å². The second kappa shape index (κ2) is 10.6. The van der Waals surface area contributed by atoms with Gasteiger partial charge in [-0.3, -0.25) is 4.99 Å². The average Bonchev–Trinajstić information content (AvgIpc) is 2.64. The van der Waals surface area contributed by atoms with Crippen molar-refractivity contribution in [2.24, 2.45) is 10.9 Å². The van der Waals surface area contributed by atoms with Crippen LogP contribution in [-0.4, -0.2) is 57.8 Å². The highest BCUT2D eigenvalue weighted by molar-refractivity contribution is 6.31. The van der Waals surface area contributed by atoms with Crippen molar-refractivity contribution in [2.75, 3.05) is 46.9 Å². The van der Waals surface area contributed by atoms with Crippen molar-refractivity contribution in [1.82, 2.24) is 15.5 Å². The minimum Gasteiger partial charge on any atom is -0.383 e. The van der Waals surface area contributed by atoms with Crippen LogP contribution in [0.3, 0.4) is 0 Å². The number of guanidine groups is 1. The van der Waals surface area contributed by atoms with Gasteiger partial charge in [-0.2, -0.15) is 0 Å². The number of methoxy groups -OCH3 is 1. The largest absolute Gasteiger partial charge is 0.383 e. The number of hydrogen-bond acceptors (Lipinski definition) is 3. The van der Waals surface area contributed by atoms with Gasteiger partial charge < -0.3 is 20.3 Å². The Hall–Kier alpha value is -1.30. The SMILES string of the molecule is CN=C(NCC1CCN(CCOC)CC1)NC(C)c1ccccc1Cl. The zero-order valence-corrected chi connectivity index (χ0v) is 16.4. The molecule has 0 bridgehead atoms. The molecule has 1 saturated heterocycles. The molecule has 1 fully saturated rings. The molecule has 0 aliphatic carbocycles. The maximum atomic E-state index is 6.28. The van der Waals surface area contributed by atoms with Gasteiger partial charge in [-0.25, -0.2) is 0 Å². The minimum absolute atomic E-state index is 0.107. The van der Waals surface area contributed by atoms with Crippen molar-refractivity contribution in [3.05, 3.63) is 34.9 Å². The third-order valence-electron chi connectivity index (χ3n) is 4.83. The van der Waals surface area contributed by atoms with Gasteiger partial charge in [0.25, 0.3) is 0 Å². The fourth-order valence-corrected chi connectivity index (χ4v) is 3.48. The molecule has 1 unspecified atom stereocenters. The normalized spacial score (nSPS) is 18.2. The zero-order valence-electron chi connectivity index (χ0n) is 15.6. The molecule has 5 nitrogen and oxygen atoms in total. The van der Waals surface area contributed by atoms with Crippen LogP contribution in [0.4, 0.5) is 0 Å². The third kappa shape index (κ3) is 6.49. The van der Waals surface area contributed by atoms with Crippen molar-refractivity contribution < 1.29 is 4.74 Å². The number of nitrogens with zero attached hydrogens (tertiary/aromatic N) is 2. The van der Waals surface area contributed by atoms with Gasteiger partial charge in [-0.1, -0.05) is 29.8 Å². The van der Waals surface area contributed by atoms with Crippen LogP contribution < -0.4 is 10.6 Å². The van der Waals surface area contributed by atoms with Gasteiger partial charge in [-0.05, 0) is 50.4 Å². The van der Waals surface area contributed by atoms with Crippen LogP contribution in [0, 0.1) is 5.92 Å². The van der Waals surface area contributed by atoms with Crippen molar-refractivity contribution in [2.45, 2.75) is 25.8 Å². The summed E-state index contributed by atoms with van der Waals surface area (Å²) in [4.78, 5) is 6.83. The number of aliphatic imine (C=N–C) groups is 1. The molecule has 2 rings (SSSR count). The molecule has 1 atom stereocenters. The molecule has 1 aromatic rings.